The number of amides is 2. The highest BCUT2D eigenvalue weighted by molar-refractivity contribution is 5.99. The van der Waals surface area contributed by atoms with E-state index >= 15 is 0 Å². The first-order valence-electron chi connectivity index (χ1n) is 7.56. The van der Waals surface area contributed by atoms with Crippen molar-refractivity contribution in [2.45, 2.75) is 6.92 Å². The first kappa shape index (κ1) is 17.1. The first-order chi connectivity index (χ1) is 12.5. The Labute approximate surface area is 147 Å². The zero-order valence-electron chi connectivity index (χ0n) is 13.6. The Hall–Kier alpha value is -3.73. The molecule has 3 rings (SSSR count). The maximum Gasteiger partial charge on any atom is 0.323 e. The summed E-state index contributed by atoms with van der Waals surface area (Å²) in [5.74, 6) is -1.22. The van der Waals surface area contributed by atoms with Crippen LogP contribution in [0, 0.1) is 29.9 Å². The summed E-state index contributed by atoms with van der Waals surface area (Å²) in [5.41, 5.74) is 1.22. The minimum absolute atomic E-state index is 0.0480. The predicted octanol–water partition coefficient (Wildman–Crippen LogP) is 3.97. The molecule has 0 spiro atoms. The van der Waals surface area contributed by atoms with E-state index in [1.807, 2.05) is 0 Å². The molecule has 0 saturated heterocycles. The van der Waals surface area contributed by atoms with Crippen molar-refractivity contribution in [3.05, 3.63) is 71.6 Å². The fraction of sp³-hybridized carbons (Fsp3) is 0.0556. The molecule has 1 aromatic heterocycles. The molecule has 26 heavy (non-hydrogen) atoms. The number of rotatable bonds is 3. The summed E-state index contributed by atoms with van der Waals surface area (Å²) in [6, 6.07) is 9.63. The van der Waals surface area contributed by atoms with Crippen molar-refractivity contribution in [1.82, 2.24) is 9.78 Å². The molecule has 1 heterocycles. The van der Waals surface area contributed by atoms with E-state index in [4.69, 9.17) is 5.26 Å². The molecule has 2 N–H and O–H groups in total. The Balaban J connectivity index is 1.77. The molecule has 0 unspecified atom stereocenters. The van der Waals surface area contributed by atoms with Crippen LogP contribution in [0.5, 0.6) is 0 Å². The van der Waals surface area contributed by atoms with Gasteiger partial charge in [-0.15, -0.1) is 0 Å². The number of nitriles is 1. The van der Waals surface area contributed by atoms with E-state index in [-0.39, 0.29) is 16.9 Å². The van der Waals surface area contributed by atoms with Crippen molar-refractivity contribution >= 4 is 17.4 Å². The number of carbonyl (C=O) groups is 1. The second-order valence-electron chi connectivity index (χ2n) is 5.48. The van der Waals surface area contributed by atoms with Crippen LogP contribution in [0.3, 0.4) is 0 Å². The molecule has 8 heteroatoms. The van der Waals surface area contributed by atoms with Crippen LogP contribution in [0.25, 0.3) is 5.69 Å². The van der Waals surface area contributed by atoms with Crippen LogP contribution in [0.15, 0.2) is 48.8 Å². The standard InChI is InChI=1S/C18H13F2N5O/c1-11-5-6-15(20)16(7-11)24-18(26)23-12-9-22-25(10-12)17-4-2-3-14(19)13(17)8-21/h2-7,9-10H,1H3,(H2,23,24,26). The number of nitrogens with one attached hydrogen (secondary N) is 2. The van der Waals surface area contributed by atoms with Crippen LogP contribution >= 0.6 is 0 Å². The Bertz CT molecular complexity index is 1020. The summed E-state index contributed by atoms with van der Waals surface area (Å²) in [6.07, 6.45) is 2.75. The molecule has 3 aromatic rings. The van der Waals surface area contributed by atoms with Gasteiger partial charge >= 0.3 is 6.03 Å². The Kier molecular flexibility index (Phi) is 4.62. The van der Waals surface area contributed by atoms with Crippen molar-refractivity contribution in [2.24, 2.45) is 0 Å². The maximum absolute atomic E-state index is 13.7. The predicted molar refractivity (Wildman–Crippen MR) is 92.0 cm³/mol. The van der Waals surface area contributed by atoms with Gasteiger partial charge in [0.1, 0.15) is 23.3 Å². The lowest BCUT2D eigenvalue weighted by molar-refractivity contribution is 0.262. The summed E-state index contributed by atoms with van der Waals surface area (Å²) >= 11 is 0. The number of anilines is 2. The summed E-state index contributed by atoms with van der Waals surface area (Å²) < 4.78 is 28.6. The van der Waals surface area contributed by atoms with Gasteiger partial charge in [0.25, 0.3) is 0 Å². The molecule has 0 fully saturated rings. The third-order valence-corrected chi connectivity index (χ3v) is 3.56. The average Bonchev–Trinajstić information content (AvgIpc) is 3.06. The molecule has 0 radical (unpaired) electrons. The van der Waals surface area contributed by atoms with Gasteiger partial charge in [-0.05, 0) is 36.8 Å². The van der Waals surface area contributed by atoms with E-state index in [1.165, 1.54) is 47.4 Å². The molecule has 2 amide bonds. The molecular weight excluding hydrogens is 340 g/mol. The fourth-order valence-electron chi connectivity index (χ4n) is 2.35. The third-order valence-electron chi connectivity index (χ3n) is 3.56. The Morgan fingerprint density at radius 2 is 2.00 bits per heavy atom. The lowest BCUT2D eigenvalue weighted by Crippen LogP contribution is -2.19. The number of aromatic nitrogens is 2. The van der Waals surface area contributed by atoms with Crippen LogP contribution in [0.4, 0.5) is 25.0 Å². The lowest BCUT2D eigenvalue weighted by atomic mass is 10.2. The lowest BCUT2D eigenvalue weighted by Gasteiger charge is -2.08. The highest BCUT2D eigenvalue weighted by atomic mass is 19.1. The average molecular weight is 353 g/mol. The van der Waals surface area contributed by atoms with Crippen molar-refractivity contribution < 1.29 is 13.6 Å². The minimum Gasteiger partial charge on any atom is -0.305 e. The van der Waals surface area contributed by atoms with Gasteiger partial charge in [0.2, 0.25) is 0 Å². The van der Waals surface area contributed by atoms with Gasteiger partial charge in [-0.3, -0.25) is 0 Å². The first-order valence-corrected chi connectivity index (χ1v) is 7.56. The summed E-state index contributed by atoms with van der Waals surface area (Å²) in [4.78, 5) is 12.0. The number of aryl methyl sites for hydroxylation is 1. The normalized spacial score (nSPS) is 10.2. The number of hydrogen-bond acceptors (Lipinski definition) is 3. The highest BCUT2D eigenvalue weighted by Crippen LogP contribution is 2.19. The molecule has 0 aliphatic heterocycles. The second-order valence-corrected chi connectivity index (χ2v) is 5.48. The number of urea groups is 1. The molecular formula is C18H13F2N5O. The number of benzene rings is 2. The zero-order valence-corrected chi connectivity index (χ0v) is 13.6. The molecule has 0 aliphatic rings. The molecule has 6 nitrogen and oxygen atoms in total. The van der Waals surface area contributed by atoms with Gasteiger partial charge in [-0.1, -0.05) is 12.1 Å². The monoisotopic (exact) mass is 353 g/mol. The number of carbonyl (C=O) groups excluding carboxylic acids is 1. The van der Waals surface area contributed by atoms with Gasteiger partial charge in [0.05, 0.1) is 29.5 Å². The van der Waals surface area contributed by atoms with Crippen LogP contribution in [0.2, 0.25) is 0 Å². The van der Waals surface area contributed by atoms with Crippen LogP contribution in [0.1, 0.15) is 11.1 Å². The number of hydrogen-bond donors (Lipinski definition) is 2. The molecule has 0 aliphatic carbocycles. The van der Waals surface area contributed by atoms with E-state index in [9.17, 15) is 13.6 Å². The van der Waals surface area contributed by atoms with Crippen molar-refractivity contribution in [3.63, 3.8) is 0 Å². The van der Waals surface area contributed by atoms with E-state index in [0.29, 0.717) is 5.69 Å². The Morgan fingerprint density at radius 1 is 1.19 bits per heavy atom. The van der Waals surface area contributed by atoms with E-state index < -0.39 is 17.7 Å². The van der Waals surface area contributed by atoms with Crippen molar-refractivity contribution in [2.75, 3.05) is 10.6 Å². The zero-order chi connectivity index (χ0) is 18.7. The van der Waals surface area contributed by atoms with Gasteiger partial charge in [-0.2, -0.15) is 10.4 Å². The van der Waals surface area contributed by atoms with Crippen molar-refractivity contribution in [1.29, 1.82) is 5.26 Å². The summed E-state index contributed by atoms with van der Waals surface area (Å²) in [7, 11) is 0. The van der Waals surface area contributed by atoms with Crippen LogP contribution < -0.4 is 10.6 Å². The second kappa shape index (κ2) is 7.03. The van der Waals surface area contributed by atoms with Gasteiger partial charge in [0, 0.05) is 0 Å². The van der Waals surface area contributed by atoms with Gasteiger partial charge in [0.15, 0.2) is 0 Å². The van der Waals surface area contributed by atoms with Crippen LogP contribution in [-0.4, -0.2) is 15.8 Å². The number of halogens is 2. The summed E-state index contributed by atoms with van der Waals surface area (Å²) in [5, 5.41) is 18.0. The molecule has 0 saturated carbocycles. The maximum atomic E-state index is 13.7. The van der Waals surface area contributed by atoms with Gasteiger partial charge in [-0.25, -0.2) is 18.3 Å². The minimum atomic E-state index is -0.664. The SMILES string of the molecule is Cc1ccc(F)c(NC(=O)Nc2cnn(-c3cccc(F)c3C#N)c2)c1. The van der Waals surface area contributed by atoms with Crippen LogP contribution in [-0.2, 0) is 0 Å². The quantitative estimate of drug-likeness (QED) is 0.747. The smallest absolute Gasteiger partial charge is 0.305 e. The van der Waals surface area contributed by atoms with Gasteiger partial charge < -0.3 is 10.6 Å². The highest BCUT2D eigenvalue weighted by Gasteiger charge is 2.12. The third kappa shape index (κ3) is 3.52. The van der Waals surface area contributed by atoms with Crippen molar-refractivity contribution in [3.8, 4) is 11.8 Å². The van der Waals surface area contributed by atoms with E-state index in [2.05, 4.69) is 15.7 Å². The Morgan fingerprint density at radius 3 is 2.77 bits per heavy atom. The fourth-order valence-corrected chi connectivity index (χ4v) is 2.35. The molecule has 130 valence electrons. The largest absolute Gasteiger partial charge is 0.323 e. The molecule has 2 aromatic carbocycles. The number of nitrogens with zero attached hydrogens (tertiary/aromatic N) is 3. The molecule has 0 bridgehead atoms. The topological polar surface area (TPSA) is 82.7 Å². The molecule has 0 atom stereocenters. The summed E-state index contributed by atoms with van der Waals surface area (Å²) in [6.45, 7) is 1.78. The van der Waals surface area contributed by atoms with E-state index in [0.717, 1.165) is 5.56 Å². The van der Waals surface area contributed by atoms with E-state index in [1.54, 1.807) is 19.1 Å².